The molecule has 2 aromatic carbocycles. The predicted molar refractivity (Wildman–Crippen MR) is 99.9 cm³/mol. The van der Waals surface area contributed by atoms with E-state index in [0.717, 1.165) is 16.7 Å². The zero-order chi connectivity index (χ0) is 18.0. The van der Waals surface area contributed by atoms with Gasteiger partial charge in [0, 0.05) is 5.56 Å². The lowest BCUT2D eigenvalue weighted by molar-refractivity contribution is -0.145. The number of phenols is 1. The van der Waals surface area contributed by atoms with Crippen LogP contribution in [0.3, 0.4) is 0 Å². The maximum Gasteiger partial charge on any atom is 0.331 e. The summed E-state index contributed by atoms with van der Waals surface area (Å²) in [7, 11) is 0. The molecule has 0 bridgehead atoms. The van der Waals surface area contributed by atoms with Crippen LogP contribution in [0.15, 0.2) is 59.5 Å². The second kappa shape index (κ2) is 7.08. The molecule has 0 radical (unpaired) electrons. The van der Waals surface area contributed by atoms with Gasteiger partial charge in [0.15, 0.2) is 6.04 Å². The Morgan fingerprint density at radius 3 is 2.40 bits per heavy atom. The Kier molecular flexibility index (Phi) is 4.87. The monoisotopic (exact) mass is 371 g/mol. The number of aromatic hydroxyl groups is 1. The number of thioether (sulfide) groups is 1. The predicted octanol–water partition coefficient (Wildman–Crippen LogP) is 3.42. The third-order valence-corrected chi connectivity index (χ3v) is 4.98. The normalized spacial score (nSPS) is 17.1. The lowest BCUT2D eigenvalue weighted by Gasteiger charge is -2.23. The number of amides is 1. The Hall–Kier alpha value is -2.64. The van der Waals surface area contributed by atoms with Crippen LogP contribution < -0.4 is 0 Å². The molecule has 2 N–H and O–H groups in total. The highest BCUT2D eigenvalue weighted by Gasteiger charge is 2.41. The van der Waals surface area contributed by atoms with E-state index in [0.29, 0.717) is 11.1 Å². The highest BCUT2D eigenvalue weighted by molar-refractivity contribution is 8.26. The Morgan fingerprint density at radius 2 is 1.76 bits per heavy atom. The third-order valence-electron chi connectivity index (χ3n) is 3.65. The zero-order valence-corrected chi connectivity index (χ0v) is 14.5. The summed E-state index contributed by atoms with van der Waals surface area (Å²) in [6.45, 7) is 0. The number of carbonyl (C=O) groups excluding carboxylic acids is 1. The van der Waals surface area contributed by atoms with E-state index in [1.165, 1.54) is 12.1 Å². The summed E-state index contributed by atoms with van der Waals surface area (Å²) in [5.41, 5.74) is 0.935. The van der Waals surface area contributed by atoms with Crippen LogP contribution in [0.5, 0.6) is 5.75 Å². The number of carboxylic acid groups (broad SMARTS) is 1. The van der Waals surface area contributed by atoms with Gasteiger partial charge in [0.05, 0.1) is 4.91 Å². The van der Waals surface area contributed by atoms with Gasteiger partial charge < -0.3 is 10.2 Å². The van der Waals surface area contributed by atoms with Crippen LogP contribution in [0.4, 0.5) is 0 Å². The molecule has 3 rings (SSSR count). The number of rotatable bonds is 4. The largest absolute Gasteiger partial charge is 0.507 e. The number of para-hydroxylation sites is 1. The van der Waals surface area contributed by atoms with E-state index in [4.69, 9.17) is 12.2 Å². The Bertz CT molecular complexity index is 880. The van der Waals surface area contributed by atoms with Crippen molar-refractivity contribution in [2.24, 2.45) is 0 Å². The molecule has 1 fully saturated rings. The van der Waals surface area contributed by atoms with Crippen molar-refractivity contribution in [3.8, 4) is 5.75 Å². The SMILES string of the molecule is O=C(O)C(c1ccccc1)N1C(=O)/C(=C/c2ccccc2O)SC1=S. The fraction of sp³-hybridized carbons (Fsp3) is 0.0556. The molecule has 2 aromatic rings. The van der Waals surface area contributed by atoms with Crippen LogP contribution in [0.2, 0.25) is 0 Å². The maximum atomic E-state index is 12.8. The summed E-state index contributed by atoms with van der Waals surface area (Å²) in [6, 6.07) is 13.9. The van der Waals surface area contributed by atoms with Crippen LogP contribution in [-0.4, -0.2) is 31.3 Å². The molecule has 1 aliphatic rings. The summed E-state index contributed by atoms with van der Waals surface area (Å²) < 4.78 is 0.169. The van der Waals surface area contributed by atoms with Crippen LogP contribution in [0, 0.1) is 0 Å². The maximum absolute atomic E-state index is 12.8. The van der Waals surface area contributed by atoms with Crippen LogP contribution in [0.1, 0.15) is 17.2 Å². The zero-order valence-electron chi connectivity index (χ0n) is 12.8. The molecule has 0 spiro atoms. The average molecular weight is 371 g/mol. The minimum atomic E-state index is -1.19. The molecule has 0 aromatic heterocycles. The first-order valence-corrected chi connectivity index (χ1v) is 8.54. The highest BCUT2D eigenvalue weighted by Crippen LogP contribution is 2.39. The lowest BCUT2D eigenvalue weighted by Crippen LogP contribution is -2.37. The van der Waals surface area contributed by atoms with E-state index < -0.39 is 17.9 Å². The van der Waals surface area contributed by atoms with Gasteiger partial charge in [-0.15, -0.1) is 0 Å². The first-order valence-electron chi connectivity index (χ1n) is 7.32. The molecule has 126 valence electrons. The smallest absolute Gasteiger partial charge is 0.331 e. The molecule has 1 aliphatic heterocycles. The molecule has 7 heteroatoms. The topological polar surface area (TPSA) is 77.8 Å². The van der Waals surface area contributed by atoms with Gasteiger partial charge in [0.25, 0.3) is 5.91 Å². The van der Waals surface area contributed by atoms with Crippen molar-refractivity contribution in [2.45, 2.75) is 6.04 Å². The molecular weight excluding hydrogens is 358 g/mol. The molecular formula is C18H13NO4S2. The first kappa shape index (κ1) is 17.2. The lowest BCUT2D eigenvalue weighted by atomic mass is 10.1. The summed E-state index contributed by atoms with van der Waals surface area (Å²) in [6.07, 6.45) is 1.51. The average Bonchev–Trinajstić information content (AvgIpc) is 2.86. The fourth-order valence-corrected chi connectivity index (χ4v) is 3.79. The number of aliphatic carboxylic acids is 1. The minimum Gasteiger partial charge on any atom is -0.507 e. The number of hydrogen-bond acceptors (Lipinski definition) is 5. The van der Waals surface area contributed by atoms with E-state index in [2.05, 4.69) is 0 Å². The molecule has 1 atom stereocenters. The van der Waals surface area contributed by atoms with Crippen molar-refractivity contribution in [3.05, 3.63) is 70.6 Å². The Balaban J connectivity index is 1.98. The van der Waals surface area contributed by atoms with E-state index in [1.54, 1.807) is 48.5 Å². The Morgan fingerprint density at radius 1 is 1.12 bits per heavy atom. The van der Waals surface area contributed by atoms with Crippen molar-refractivity contribution >= 4 is 46.3 Å². The molecule has 1 amide bonds. The molecule has 1 heterocycles. The number of thiocarbonyl (C=S) groups is 1. The van der Waals surface area contributed by atoms with Crippen LogP contribution in [-0.2, 0) is 9.59 Å². The summed E-state index contributed by atoms with van der Waals surface area (Å²) in [4.78, 5) is 25.9. The number of carbonyl (C=O) groups is 2. The Labute approximate surface area is 153 Å². The fourth-order valence-electron chi connectivity index (χ4n) is 2.49. The number of hydrogen-bond donors (Lipinski definition) is 2. The first-order chi connectivity index (χ1) is 12.0. The molecule has 25 heavy (non-hydrogen) atoms. The highest BCUT2D eigenvalue weighted by atomic mass is 32.2. The summed E-state index contributed by atoms with van der Waals surface area (Å²) >= 11 is 6.26. The van der Waals surface area contributed by atoms with Gasteiger partial charge in [-0.1, -0.05) is 72.5 Å². The summed E-state index contributed by atoms with van der Waals surface area (Å²) in [5, 5.41) is 19.5. The van der Waals surface area contributed by atoms with Crippen molar-refractivity contribution in [1.29, 1.82) is 0 Å². The molecule has 1 saturated heterocycles. The third kappa shape index (κ3) is 3.42. The van der Waals surface area contributed by atoms with E-state index in [-0.39, 0.29) is 15.0 Å². The van der Waals surface area contributed by atoms with Gasteiger partial charge in [-0.05, 0) is 17.7 Å². The molecule has 1 unspecified atom stereocenters. The van der Waals surface area contributed by atoms with Crippen molar-refractivity contribution < 1.29 is 19.8 Å². The van der Waals surface area contributed by atoms with E-state index in [9.17, 15) is 19.8 Å². The number of nitrogens with zero attached hydrogens (tertiary/aromatic N) is 1. The molecule has 0 saturated carbocycles. The van der Waals surface area contributed by atoms with Crippen molar-refractivity contribution in [1.82, 2.24) is 4.90 Å². The number of carboxylic acids is 1. The molecule has 5 nitrogen and oxygen atoms in total. The van der Waals surface area contributed by atoms with Gasteiger partial charge in [0.2, 0.25) is 0 Å². The minimum absolute atomic E-state index is 0.0330. The van der Waals surface area contributed by atoms with Crippen LogP contribution in [0.25, 0.3) is 6.08 Å². The van der Waals surface area contributed by atoms with Crippen molar-refractivity contribution in [3.63, 3.8) is 0 Å². The van der Waals surface area contributed by atoms with E-state index >= 15 is 0 Å². The molecule has 0 aliphatic carbocycles. The second-order valence-corrected chi connectivity index (χ2v) is 6.94. The van der Waals surface area contributed by atoms with Crippen LogP contribution >= 0.6 is 24.0 Å². The number of benzene rings is 2. The number of phenolic OH excluding ortho intramolecular Hbond substituents is 1. The second-order valence-electron chi connectivity index (χ2n) is 5.26. The standard InChI is InChI=1S/C18H13NO4S2/c20-13-9-5-4-8-12(13)10-14-16(21)19(18(24)25-14)15(17(22)23)11-6-2-1-3-7-11/h1-10,15,20H,(H,22,23)/b14-10-. The van der Waals surface area contributed by atoms with Crippen molar-refractivity contribution in [2.75, 3.05) is 0 Å². The quantitative estimate of drug-likeness (QED) is 0.633. The summed E-state index contributed by atoms with van der Waals surface area (Å²) in [5.74, 6) is -1.62. The van der Waals surface area contributed by atoms with Gasteiger partial charge >= 0.3 is 5.97 Å². The van der Waals surface area contributed by atoms with Gasteiger partial charge in [-0.25, -0.2) is 4.79 Å². The van der Waals surface area contributed by atoms with Gasteiger partial charge in [-0.2, -0.15) is 0 Å². The van der Waals surface area contributed by atoms with Gasteiger partial charge in [0.1, 0.15) is 10.1 Å². The van der Waals surface area contributed by atoms with Gasteiger partial charge in [-0.3, -0.25) is 9.69 Å². The van der Waals surface area contributed by atoms with E-state index in [1.807, 2.05) is 0 Å².